The van der Waals surface area contributed by atoms with Gasteiger partial charge in [-0.25, -0.2) is 9.78 Å². The number of amides is 2. The van der Waals surface area contributed by atoms with Crippen molar-refractivity contribution < 1.29 is 4.79 Å². The molecule has 0 aromatic carbocycles. The summed E-state index contributed by atoms with van der Waals surface area (Å²) in [6.45, 7) is 4.02. The van der Waals surface area contributed by atoms with Gasteiger partial charge in [0.1, 0.15) is 5.65 Å². The van der Waals surface area contributed by atoms with Gasteiger partial charge in [0, 0.05) is 31.3 Å². The Balaban J connectivity index is 1.38. The smallest absolute Gasteiger partial charge is 0.318 e. The largest absolute Gasteiger partial charge is 0.332 e. The summed E-state index contributed by atoms with van der Waals surface area (Å²) in [6.07, 6.45) is 9.70. The highest BCUT2D eigenvalue weighted by molar-refractivity contribution is 5.74. The number of likely N-dealkylation sites (tertiary alicyclic amines) is 1. The van der Waals surface area contributed by atoms with Gasteiger partial charge in [0.25, 0.3) is 0 Å². The van der Waals surface area contributed by atoms with E-state index < -0.39 is 0 Å². The van der Waals surface area contributed by atoms with E-state index in [4.69, 9.17) is 0 Å². The standard InChI is InChI=1S/C18H22N6O/c1-14-5-9-22-12-15(21-17(22)10-14)11-19-18(25)24-8-2-4-16(24)13-23-7-3-6-20-23/h3,5-7,9-10,12,16H,2,4,8,11,13H2,1H3,(H,19,25)/t16-/m0/s1. The molecule has 1 atom stereocenters. The third-order valence-corrected chi connectivity index (χ3v) is 4.68. The predicted molar refractivity (Wildman–Crippen MR) is 94.1 cm³/mol. The number of nitrogens with zero attached hydrogens (tertiary/aromatic N) is 5. The Morgan fingerprint density at radius 1 is 1.40 bits per heavy atom. The molecule has 2 amide bonds. The summed E-state index contributed by atoms with van der Waals surface area (Å²) in [4.78, 5) is 19.1. The molecule has 25 heavy (non-hydrogen) atoms. The van der Waals surface area contributed by atoms with Crippen molar-refractivity contribution in [3.05, 3.63) is 54.2 Å². The molecule has 4 rings (SSSR count). The zero-order valence-electron chi connectivity index (χ0n) is 14.3. The fourth-order valence-corrected chi connectivity index (χ4v) is 3.41. The van der Waals surface area contributed by atoms with Crippen LogP contribution in [0.3, 0.4) is 0 Å². The first-order valence-corrected chi connectivity index (χ1v) is 8.65. The summed E-state index contributed by atoms with van der Waals surface area (Å²) in [6, 6.07) is 6.16. The molecule has 1 N–H and O–H groups in total. The van der Waals surface area contributed by atoms with Gasteiger partial charge in [0.15, 0.2) is 0 Å². The van der Waals surface area contributed by atoms with Crippen LogP contribution in [-0.2, 0) is 13.1 Å². The van der Waals surface area contributed by atoms with Gasteiger partial charge in [-0.15, -0.1) is 0 Å². The topological polar surface area (TPSA) is 67.5 Å². The van der Waals surface area contributed by atoms with Crippen LogP contribution in [0, 0.1) is 6.92 Å². The number of hydrogen-bond donors (Lipinski definition) is 1. The first-order valence-electron chi connectivity index (χ1n) is 8.65. The number of aryl methyl sites for hydroxylation is 1. The Bertz CT molecular complexity index is 869. The van der Waals surface area contributed by atoms with Crippen LogP contribution in [0.4, 0.5) is 4.79 Å². The van der Waals surface area contributed by atoms with Crippen molar-refractivity contribution in [1.82, 2.24) is 29.4 Å². The zero-order valence-corrected chi connectivity index (χ0v) is 14.3. The van der Waals surface area contributed by atoms with Crippen LogP contribution in [0.2, 0.25) is 0 Å². The van der Waals surface area contributed by atoms with Crippen molar-refractivity contribution in [3.63, 3.8) is 0 Å². The molecular weight excluding hydrogens is 316 g/mol. The first-order chi connectivity index (χ1) is 12.2. The van der Waals surface area contributed by atoms with Gasteiger partial charge >= 0.3 is 6.03 Å². The van der Waals surface area contributed by atoms with E-state index in [1.165, 1.54) is 5.56 Å². The highest BCUT2D eigenvalue weighted by Crippen LogP contribution is 2.19. The summed E-state index contributed by atoms with van der Waals surface area (Å²) in [5, 5.41) is 7.25. The van der Waals surface area contributed by atoms with E-state index in [-0.39, 0.29) is 12.1 Å². The molecule has 0 radical (unpaired) electrons. The quantitative estimate of drug-likeness (QED) is 0.793. The minimum atomic E-state index is -0.0251. The molecule has 0 aliphatic carbocycles. The van der Waals surface area contributed by atoms with Crippen molar-refractivity contribution in [2.75, 3.05) is 6.54 Å². The summed E-state index contributed by atoms with van der Waals surface area (Å²) < 4.78 is 3.87. The molecule has 0 spiro atoms. The second-order valence-corrected chi connectivity index (χ2v) is 6.58. The Morgan fingerprint density at radius 3 is 3.16 bits per heavy atom. The lowest BCUT2D eigenvalue weighted by Crippen LogP contribution is -2.44. The summed E-state index contributed by atoms with van der Waals surface area (Å²) >= 11 is 0. The molecule has 1 aliphatic rings. The number of rotatable bonds is 4. The first kappa shape index (κ1) is 15.7. The molecule has 1 aliphatic heterocycles. The van der Waals surface area contributed by atoms with Gasteiger partial charge in [0.2, 0.25) is 0 Å². The van der Waals surface area contributed by atoms with Crippen molar-refractivity contribution in [2.45, 2.75) is 38.9 Å². The second-order valence-electron chi connectivity index (χ2n) is 6.58. The Hall–Kier alpha value is -2.83. The van der Waals surface area contributed by atoms with Crippen LogP contribution in [0.5, 0.6) is 0 Å². The third kappa shape index (κ3) is 3.35. The van der Waals surface area contributed by atoms with E-state index in [1.54, 1.807) is 6.20 Å². The van der Waals surface area contributed by atoms with Crippen molar-refractivity contribution in [1.29, 1.82) is 0 Å². The van der Waals surface area contributed by atoms with Gasteiger partial charge in [0.05, 0.1) is 24.8 Å². The summed E-state index contributed by atoms with van der Waals surface area (Å²) in [5.41, 5.74) is 2.94. The highest BCUT2D eigenvalue weighted by atomic mass is 16.2. The van der Waals surface area contributed by atoms with E-state index in [2.05, 4.69) is 15.4 Å². The molecule has 0 bridgehead atoms. The van der Waals surface area contributed by atoms with Gasteiger partial charge in [-0.2, -0.15) is 5.10 Å². The minimum Gasteiger partial charge on any atom is -0.332 e. The van der Waals surface area contributed by atoms with E-state index in [0.717, 1.165) is 37.3 Å². The molecule has 0 saturated carbocycles. The number of carbonyl (C=O) groups is 1. The lowest BCUT2D eigenvalue weighted by molar-refractivity contribution is 0.185. The van der Waals surface area contributed by atoms with Crippen LogP contribution >= 0.6 is 0 Å². The highest BCUT2D eigenvalue weighted by Gasteiger charge is 2.29. The van der Waals surface area contributed by atoms with Crippen molar-refractivity contribution in [3.8, 4) is 0 Å². The van der Waals surface area contributed by atoms with Crippen molar-refractivity contribution >= 4 is 11.7 Å². The molecule has 130 valence electrons. The fourth-order valence-electron chi connectivity index (χ4n) is 3.41. The molecule has 0 unspecified atom stereocenters. The maximum Gasteiger partial charge on any atom is 0.318 e. The normalized spacial score (nSPS) is 17.3. The fraction of sp³-hybridized carbons (Fsp3) is 0.389. The Morgan fingerprint density at radius 2 is 2.32 bits per heavy atom. The number of urea groups is 1. The van der Waals surface area contributed by atoms with E-state index in [1.807, 2.05) is 57.7 Å². The predicted octanol–water partition coefficient (Wildman–Crippen LogP) is 2.21. The zero-order chi connectivity index (χ0) is 17.2. The number of aromatic nitrogens is 4. The van der Waals surface area contributed by atoms with Crippen LogP contribution in [0.15, 0.2) is 43.0 Å². The third-order valence-electron chi connectivity index (χ3n) is 4.68. The molecule has 3 aromatic heterocycles. The molecule has 3 aromatic rings. The Kier molecular flexibility index (Phi) is 4.13. The SMILES string of the molecule is Cc1ccn2cc(CNC(=O)N3CCC[C@H]3Cn3cccn3)nc2c1. The average molecular weight is 338 g/mol. The molecular formula is C18H22N6O. The van der Waals surface area contributed by atoms with Crippen LogP contribution < -0.4 is 5.32 Å². The van der Waals surface area contributed by atoms with Gasteiger partial charge in [-0.1, -0.05) is 0 Å². The summed E-state index contributed by atoms with van der Waals surface area (Å²) in [5.74, 6) is 0. The van der Waals surface area contributed by atoms with Crippen LogP contribution in [-0.4, -0.2) is 42.7 Å². The number of carbonyl (C=O) groups excluding carboxylic acids is 1. The molecule has 1 fully saturated rings. The van der Waals surface area contributed by atoms with Gasteiger partial charge in [-0.05, 0) is 43.5 Å². The lowest BCUT2D eigenvalue weighted by atomic mass is 10.2. The second kappa shape index (κ2) is 6.58. The monoisotopic (exact) mass is 338 g/mol. The average Bonchev–Trinajstić information content (AvgIpc) is 3.33. The summed E-state index contributed by atoms with van der Waals surface area (Å²) in [7, 11) is 0. The van der Waals surface area contributed by atoms with E-state index >= 15 is 0 Å². The van der Waals surface area contributed by atoms with E-state index in [0.29, 0.717) is 6.54 Å². The maximum absolute atomic E-state index is 12.6. The number of pyridine rings is 1. The number of imidazole rings is 1. The van der Waals surface area contributed by atoms with Gasteiger partial charge < -0.3 is 14.6 Å². The van der Waals surface area contributed by atoms with Crippen LogP contribution in [0.1, 0.15) is 24.1 Å². The van der Waals surface area contributed by atoms with E-state index in [9.17, 15) is 4.79 Å². The molecule has 1 saturated heterocycles. The maximum atomic E-state index is 12.6. The van der Waals surface area contributed by atoms with Crippen molar-refractivity contribution in [2.24, 2.45) is 0 Å². The minimum absolute atomic E-state index is 0.0251. The lowest BCUT2D eigenvalue weighted by Gasteiger charge is -2.24. The van der Waals surface area contributed by atoms with Crippen LogP contribution in [0.25, 0.3) is 5.65 Å². The molecule has 7 heteroatoms. The Labute approximate surface area is 146 Å². The van der Waals surface area contributed by atoms with Gasteiger partial charge in [-0.3, -0.25) is 4.68 Å². The number of nitrogens with one attached hydrogen (secondary N) is 1. The number of fused-ring (bicyclic) bond motifs is 1. The number of hydrogen-bond acceptors (Lipinski definition) is 3. The molecule has 7 nitrogen and oxygen atoms in total. The molecule has 4 heterocycles.